The summed E-state index contributed by atoms with van der Waals surface area (Å²) in [6, 6.07) is 10.4. The summed E-state index contributed by atoms with van der Waals surface area (Å²) in [5.74, 6) is 0.847. The molecular formula is C23H33IN6OS. The number of hydrogen-bond donors (Lipinski definition) is 1. The van der Waals surface area contributed by atoms with E-state index in [9.17, 15) is 0 Å². The van der Waals surface area contributed by atoms with Crippen molar-refractivity contribution in [3.63, 3.8) is 0 Å². The maximum Gasteiger partial charge on any atom is 0.194 e. The molecule has 0 bridgehead atoms. The van der Waals surface area contributed by atoms with E-state index in [1.807, 2.05) is 37.7 Å². The lowest BCUT2D eigenvalue weighted by atomic mass is 10.2. The number of hydrogen-bond acceptors (Lipinski definition) is 5. The van der Waals surface area contributed by atoms with Gasteiger partial charge in [-0.25, -0.2) is 14.7 Å². The van der Waals surface area contributed by atoms with Crippen molar-refractivity contribution in [2.24, 2.45) is 4.99 Å². The van der Waals surface area contributed by atoms with Gasteiger partial charge in [0.2, 0.25) is 0 Å². The van der Waals surface area contributed by atoms with Gasteiger partial charge in [0.25, 0.3) is 0 Å². The lowest BCUT2D eigenvalue weighted by Crippen LogP contribution is -2.38. The summed E-state index contributed by atoms with van der Waals surface area (Å²) in [4.78, 5) is 11.7. The van der Waals surface area contributed by atoms with E-state index >= 15 is 0 Å². The molecule has 1 unspecified atom stereocenters. The van der Waals surface area contributed by atoms with Gasteiger partial charge in [-0.1, -0.05) is 18.2 Å². The van der Waals surface area contributed by atoms with Gasteiger partial charge in [-0.15, -0.1) is 35.3 Å². The SMILES string of the molecule is CCNC(=NCc1ccccc1-n1nc(C)cc1C)N(C)Cc1csc(C(C)OC)n1.I. The summed E-state index contributed by atoms with van der Waals surface area (Å²) in [5.41, 5.74) is 5.33. The fourth-order valence-electron chi connectivity index (χ4n) is 3.35. The zero-order valence-corrected chi connectivity index (χ0v) is 22.8. The van der Waals surface area contributed by atoms with Crippen molar-refractivity contribution >= 4 is 41.3 Å². The largest absolute Gasteiger partial charge is 0.375 e. The van der Waals surface area contributed by atoms with Crippen molar-refractivity contribution in [3.05, 3.63) is 63.4 Å². The van der Waals surface area contributed by atoms with Gasteiger partial charge in [-0.3, -0.25) is 0 Å². The second-order valence-corrected chi connectivity index (χ2v) is 8.44. The van der Waals surface area contributed by atoms with Crippen molar-refractivity contribution in [2.45, 2.75) is 46.9 Å². The number of aromatic nitrogens is 3. The number of methoxy groups -OCH3 is 1. The smallest absolute Gasteiger partial charge is 0.194 e. The molecule has 9 heteroatoms. The number of aliphatic imine (C=N–C) groups is 1. The summed E-state index contributed by atoms with van der Waals surface area (Å²) >= 11 is 1.63. The Morgan fingerprint density at radius 2 is 2.06 bits per heavy atom. The Balaban J connectivity index is 0.00000363. The van der Waals surface area contributed by atoms with Crippen LogP contribution in [-0.2, 0) is 17.8 Å². The van der Waals surface area contributed by atoms with E-state index in [4.69, 9.17) is 14.7 Å². The predicted octanol–water partition coefficient (Wildman–Crippen LogP) is 4.87. The first kappa shape index (κ1) is 26.3. The first-order valence-corrected chi connectivity index (χ1v) is 11.4. The molecule has 3 aromatic rings. The average molecular weight is 569 g/mol. The molecule has 2 aromatic heterocycles. The fraction of sp³-hybridized carbons (Fsp3) is 0.435. The van der Waals surface area contributed by atoms with Gasteiger partial charge < -0.3 is 15.0 Å². The number of rotatable bonds is 8. The molecule has 1 atom stereocenters. The molecule has 32 heavy (non-hydrogen) atoms. The van der Waals surface area contributed by atoms with Crippen molar-refractivity contribution in [1.82, 2.24) is 25.0 Å². The normalized spacial score (nSPS) is 12.4. The number of aryl methyl sites for hydroxylation is 2. The highest BCUT2D eigenvalue weighted by molar-refractivity contribution is 14.0. The molecule has 1 aromatic carbocycles. The lowest BCUT2D eigenvalue weighted by molar-refractivity contribution is 0.119. The molecule has 0 aliphatic heterocycles. The summed E-state index contributed by atoms with van der Waals surface area (Å²) in [5, 5.41) is 11.1. The number of para-hydroxylation sites is 1. The third kappa shape index (κ3) is 6.52. The summed E-state index contributed by atoms with van der Waals surface area (Å²) < 4.78 is 7.37. The summed E-state index contributed by atoms with van der Waals surface area (Å²) in [7, 11) is 3.74. The minimum atomic E-state index is 0. The molecule has 0 aliphatic carbocycles. The highest BCUT2D eigenvalue weighted by Crippen LogP contribution is 2.21. The molecule has 174 valence electrons. The molecule has 2 heterocycles. The van der Waals surface area contributed by atoms with E-state index in [0.29, 0.717) is 13.1 Å². The van der Waals surface area contributed by atoms with E-state index in [2.05, 4.69) is 52.7 Å². The third-order valence-corrected chi connectivity index (χ3v) is 6.05. The van der Waals surface area contributed by atoms with Gasteiger partial charge in [0, 0.05) is 31.8 Å². The topological polar surface area (TPSA) is 67.6 Å². The quantitative estimate of drug-likeness (QED) is 0.239. The van der Waals surface area contributed by atoms with Gasteiger partial charge in [0.15, 0.2) is 5.96 Å². The van der Waals surface area contributed by atoms with Crippen LogP contribution in [0.1, 0.15) is 47.6 Å². The molecule has 0 spiro atoms. The fourth-order valence-corrected chi connectivity index (χ4v) is 4.20. The molecule has 0 saturated heterocycles. The van der Waals surface area contributed by atoms with Crippen LogP contribution in [0.25, 0.3) is 5.69 Å². The van der Waals surface area contributed by atoms with Crippen LogP contribution in [0, 0.1) is 13.8 Å². The Morgan fingerprint density at radius 1 is 1.31 bits per heavy atom. The van der Waals surface area contributed by atoms with Crippen LogP contribution in [0.5, 0.6) is 0 Å². The number of benzene rings is 1. The minimum absolute atomic E-state index is 0. The van der Waals surface area contributed by atoms with E-state index in [0.717, 1.165) is 45.8 Å². The van der Waals surface area contributed by atoms with E-state index in [1.165, 1.54) is 0 Å². The second kappa shape index (κ2) is 12.3. The van der Waals surface area contributed by atoms with Crippen molar-refractivity contribution in [2.75, 3.05) is 20.7 Å². The van der Waals surface area contributed by atoms with Crippen molar-refractivity contribution in [3.8, 4) is 5.69 Å². The van der Waals surface area contributed by atoms with E-state index < -0.39 is 0 Å². The molecule has 0 fully saturated rings. The number of ether oxygens (including phenoxy) is 1. The number of thiazole rings is 1. The first-order valence-electron chi connectivity index (χ1n) is 10.5. The zero-order chi connectivity index (χ0) is 22.4. The molecule has 0 aliphatic rings. The molecule has 7 nitrogen and oxygen atoms in total. The van der Waals surface area contributed by atoms with Crippen LogP contribution in [0.3, 0.4) is 0 Å². The zero-order valence-electron chi connectivity index (χ0n) is 19.6. The number of guanidine groups is 1. The monoisotopic (exact) mass is 568 g/mol. The maximum absolute atomic E-state index is 5.38. The molecular weight excluding hydrogens is 535 g/mol. The van der Waals surface area contributed by atoms with Crippen LogP contribution in [0.15, 0.2) is 40.7 Å². The third-order valence-electron chi connectivity index (χ3n) is 5.00. The van der Waals surface area contributed by atoms with Crippen LogP contribution in [0.4, 0.5) is 0 Å². The highest BCUT2D eigenvalue weighted by Gasteiger charge is 2.13. The van der Waals surface area contributed by atoms with Gasteiger partial charge in [-0.05, 0) is 45.4 Å². The molecule has 0 amide bonds. The molecule has 0 saturated carbocycles. The predicted molar refractivity (Wildman–Crippen MR) is 142 cm³/mol. The van der Waals surface area contributed by atoms with Crippen LogP contribution in [0.2, 0.25) is 0 Å². The summed E-state index contributed by atoms with van der Waals surface area (Å²) in [6.45, 7) is 10.2. The molecule has 0 radical (unpaired) electrons. The number of halogens is 1. The van der Waals surface area contributed by atoms with Crippen molar-refractivity contribution < 1.29 is 4.74 Å². The Kier molecular flexibility index (Phi) is 10.1. The Morgan fingerprint density at radius 3 is 2.72 bits per heavy atom. The van der Waals surface area contributed by atoms with E-state index in [-0.39, 0.29) is 30.1 Å². The van der Waals surface area contributed by atoms with Gasteiger partial charge in [-0.2, -0.15) is 5.10 Å². The molecule has 3 rings (SSSR count). The van der Waals surface area contributed by atoms with Crippen LogP contribution in [-0.4, -0.2) is 46.3 Å². The number of nitrogens with one attached hydrogen (secondary N) is 1. The lowest BCUT2D eigenvalue weighted by Gasteiger charge is -2.21. The Hall–Kier alpha value is -1.98. The minimum Gasteiger partial charge on any atom is -0.375 e. The van der Waals surface area contributed by atoms with Gasteiger partial charge in [0.1, 0.15) is 11.1 Å². The summed E-state index contributed by atoms with van der Waals surface area (Å²) in [6.07, 6.45) is 0.0110. The number of nitrogens with zero attached hydrogens (tertiary/aromatic N) is 5. The average Bonchev–Trinajstić information content (AvgIpc) is 3.36. The second-order valence-electron chi connectivity index (χ2n) is 7.55. The Bertz CT molecular complexity index is 1030. The van der Waals surface area contributed by atoms with Crippen LogP contribution < -0.4 is 5.32 Å². The Labute approximate surface area is 211 Å². The van der Waals surface area contributed by atoms with E-state index in [1.54, 1.807) is 18.4 Å². The van der Waals surface area contributed by atoms with Gasteiger partial charge >= 0.3 is 0 Å². The first-order chi connectivity index (χ1) is 14.9. The highest BCUT2D eigenvalue weighted by atomic mass is 127. The standard InChI is InChI=1S/C23H32N6OS.HI/c1-7-24-23(28(5)14-20-15-31-22(26-20)18(4)30-6)25-13-19-10-8-9-11-21(19)29-17(3)12-16(2)27-29;/h8-12,15,18H,7,13-14H2,1-6H3,(H,24,25);1H. The van der Waals surface area contributed by atoms with Gasteiger partial charge in [0.05, 0.1) is 30.2 Å². The van der Waals surface area contributed by atoms with Crippen molar-refractivity contribution in [1.29, 1.82) is 0 Å². The molecule has 1 N–H and O–H groups in total. The van der Waals surface area contributed by atoms with Crippen LogP contribution >= 0.6 is 35.3 Å². The maximum atomic E-state index is 5.38.